The molecule has 0 aliphatic rings. The maximum absolute atomic E-state index is 3.69. The van der Waals surface area contributed by atoms with Crippen LogP contribution in [0.5, 0.6) is 0 Å². The topological polar surface area (TPSA) is 53.6 Å². The number of hydrogen-bond acceptors (Lipinski definition) is 4. The van der Waals surface area contributed by atoms with Crippen LogP contribution in [0.15, 0.2) is 11.2 Å². The van der Waals surface area contributed by atoms with E-state index in [0.29, 0.717) is 6.04 Å². The van der Waals surface area contributed by atoms with Gasteiger partial charge in [-0.1, -0.05) is 19.1 Å². The van der Waals surface area contributed by atoms with E-state index in [-0.39, 0.29) is 0 Å². The molecule has 0 aromatic carbocycles. The van der Waals surface area contributed by atoms with Crippen LogP contribution < -0.4 is 5.32 Å². The van der Waals surface area contributed by atoms with Crippen molar-refractivity contribution in [2.75, 3.05) is 12.3 Å². The monoisotopic (exact) mass is 186 g/mol. The number of H-pyrrole nitrogens is 1. The molecule has 1 heterocycles. The molecule has 0 spiro atoms. The van der Waals surface area contributed by atoms with Crippen molar-refractivity contribution in [1.82, 2.24) is 20.7 Å². The standard InChI is InChI=1S/C7H14N4S/c1-6(2)8-3-4-12-7-5-9-11-10-7/h5-6,8H,3-4H2,1-2H3,(H,9,10,11). The summed E-state index contributed by atoms with van der Waals surface area (Å²) in [4.78, 5) is 0. The van der Waals surface area contributed by atoms with E-state index < -0.39 is 0 Å². The molecule has 68 valence electrons. The SMILES string of the molecule is CC(C)NCCSc1cnn[nH]1. The Bertz CT molecular complexity index is 197. The number of nitrogens with one attached hydrogen (secondary N) is 2. The number of rotatable bonds is 5. The van der Waals surface area contributed by atoms with Gasteiger partial charge < -0.3 is 5.32 Å². The summed E-state index contributed by atoms with van der Waals surface area (Å²) < 4.78 is 0. The second-order valence-electron chi connectivity index (χ2n) is 2.78. The number of hydrogen-bond donors (Lipinski definition) is 2. The van der Waals surface area contributed by atoms with Crippen molar-refractivity contribution in [3.8, 4) is 0 Å². The largest absolute Gasteiger partial charge is 0.314 e. The molecular formula is C7H14N4S. The summed E-state index contributed by atoms with van der Waals surface area (Å²) in [6, 6.07) is 0.561. The molecule has 0 fully saturated rings. The lowest BCUT2D eigenvalue weighted by Crippen LogP contribution is -2.24. The molecule has 0 bridgehead atoms. The maximum Gasteiger partial charge on any atom is 0.111 e. The van der Waals surface area contributed by atoms with Crippen molar-refractivity contribution in [2.24, 2.45) is 0 Å². The molecule has 1 rings (SSSR count). The summed E-state index contributed by atoms with van der Waals surface area (Å²) in [5.74, 6) is 1.04. The molecule has 12 heavy (non-hydrogen) atoms. The van der Waals surface area contributed by atoms with Crippen molar-refractivity contribution >= 4 is 11.8 Å². The Morgan fingerprint density at radius 3 is 3.08 bits per heavy atom. The minimum atomic E-state index is 0.561. The van der Waals surface area contributed by atoms with Gasteiger partial charge in [-0.25, -0.2) is 0 Å². The zero-order valence-electron chi connectivity index (χ0n) is 7.37. The maximum atomic E-state index is 3.69. The van der Waals surface area contributed by atoms with Crippen molar-refractivity contribution in [2.45, 2.75) is 24.9 Å². The first-order valence-corrected chi connectivity index (χ1v) is 5.00. The zero-order chi connectivity index (χ0) is 8.81. The molecule has 5 heteroatoms. The van der Waals surface area contributed by atoms with Crippen molar-refractivity contribution < 1.29 is 0 Å². The summed E-state index contributed by atoms with van der Waals surface area (Å²) in [5, 5.41) is 14.5. The average molecular weight is 186 g/mol. The molecule has 2 N–H and O–H groups in total. The van der Waals surface area contributed by atoms with Crippen LogP contribution in [0.4, 0.5) is 0 Å². The first kappa shape index (κ1) is 9.54. The van der Waals surface area contributed by atoms with Crippen LogP contribution in [0.2, 0.25) is 0 Å². The van der Waals surface area contributed by atoms with E-state index >= 15 is 0 Å². The molecule has 0 aliphatic carbocycles. The molecule has 0 radical (unpaired) electrons. The Hall–Kier alpha value is -0.550. The molecule has 0 unspecified atom stereocenters. The van der Waals surface area contributed by atoms with Gasteiger partial charge in [-0.2, -0.15) is 0 Å². The van der Waals surface area contributed by atoms with E-state index in [1.165, 1.54) is 0 Å². The fourth-order valence-electron chi connectivity index (χ4n) is 0.766. The van der Waals surface area contributed by atoms with E-state index in [1.807, 2.05) is 0 Å². The van der Waals surface area contributed by atoms with Crippen molar-refractivity contribution in [1.29, 1.82) is 0 Å². The number of aromatic amines is 1. The van der Waals surface area contributed by atoms with Gasteiger partial charge in [0.2, 0.25) is 0 Å². The minimum Gasteiger partial charge on any atom is -0.314 e. The molecule has 0 atom stereocenters. The molecule has 0 saturated carbocycles. The summed E-state index contributed by atoms with van der Waals surface area (Å²) in [7, 11) is 0. The van der Waals surface area contributed by atoms with Crippen LogP contribution >= 0.6 is 11.8 Å². The molecule has 4 nitrogen and oxygen atoms in total. The predicted octanol–water partition coefficient (Wildman–Crippen LogP) is 0.895. The highest BCUT2D eigenvalue weighted by molar-refractivity contribution is 7.99. The van der Waals surface area contributed by atoms with Gasteiger partial charge in [0.15, 0.2) is 0 Å². The van der Waals surface area contributed by atoms with Crippen molar-refractivity contribution in [3.05, 3.63) is 6.20 Å². The number of aromatic nitrogens is 3. The second-order valence-corrected chi connectivity index (χ2v) is 3.91. The van der Waals surface area contributed by atoms with Crippen LogP contribution in [-0.2, 0) is 0 Å². The van der Waals surface area contributed by atoms with E-state index in [1.54, 1.807) is 18.0 Å². The molecule has 1 aromatic heterocycles. The zero-order valence-corrected chi connectivity index (χ0v) is 8.19. The Labute approximate surface area is 76.5 Å². The Balaban J connectivity index is 2.04. The third-order valence-corrected chi connectivity index (χ3v) is 2.22. The first-order chi connectivity index (χ1) is 5.79. The van der Waals surface area contributed by atoms with Crippen LogP contribution in [0.1, 0.15) is 13.8 Å². The normalized spacial score (nSPS) is 10.9. The Kier molecular flexibility index (Phi) is 4.10. The molecule has 0 aliphatic heterocycles. The first-order valence-electron chi connectivity index (χ1n) is 4.01. The Morgan fingerprint density at radius 2 is 2.50 bits per heavy atom. The lowest BCUT2D eigenvalue weighted by Gasteiger charge is -2.05. The Morgan fingerprint density at radius 1 is 1.67 bits per heavy atom. The van der Waals surface area contributed by atoms with E-state index in [0.717, 1.165) is 17.3 Å². The smallest absolute Gasteiger partial charge is 0.111 e. The lowest BCUT2D eigenvalue weighted by molar-refractivity contribution is 0.616. The minimum absolute atomic E-state index is 0.561. The van der Waals surface area contributed by atoms with Gasteiger partial charge in [-0.15, -0.1) is 16.9 Å². The highest BCUT2D eigenvalue weighted by Gasteiger charge is 1.95. The van der Waals surface area contributed by atoms with E-state index in [2.05, 4.69) is 34.6 Å². The fraction of sp³-hybridized carbons (Fsp3) is 0.714. The van der Waals surface area contributed by atoms with Crippen LogP contribution in [-0.4, -0.2) is 33.8 Å². The summed E-state index contributed by atoms with van der Waals surface area (Å²) in [6.45, 7) is 5.30. The van der Waals surface area contributed by atoms with Gasteiger partial charge in [-0.3, -0.25) is 5.10 Å². The summed E-state index contributed by atoms with van der Waals surface area (Å²) in [5.41, 5.74) is 0. The molecule has 0 saturated heterocycles. The van der Waals surface area contributed by atoms with Gasteiger partial charge in [0.05, 0.1) is 6.20 Å². The van der Waals surface area contributed by atoms with Gasteiger partial charge in [-0.05, 0) is 0 Å². The number of nitrogens with zero attached hydrogens (tertiary/aromatic N) is 2. The van der Waals surface area contributed by atoms with E-state index in [4.69, 9.17) is 0 Å². The predicted molar refractivity (Wildman–Crippen MR) is 50.2 cm³/mol. The third kappa shape index (κ3) is 3.73. The molecule has 1 aromatic rings. The third-order valence-electron chi connectivity index (χ3n) is 1.31. The highest BCUT2D eigenvalue weighted by atomic mass is 32.2. The van der Waals surface area contributed by atoms with Gasteiger partial charge in [0.1, 0.15) is 5.03 Å². The fourth-order valence-corrected chi connectivity index (χ4v) is 1.43. The average Bonchev–Trinajstić information content (AvgIpc) is 2.49. The molecular weight excluding hydrogens is 172 g/mol. The second kappa shape index (κ2) is 5.16. The van der Waals surface area contributed by atoms with Gasteiger partial charge in [0, 0.05) is 18.3 Å². The van der Waals surface area contributed by atoms with Crippen LogP contribution in [0, 0.1) is 0 Å². The van der Waals surface area contributed by atoms with E-state index in [9.17, 15) is 0 Å². The number of thioether (sulfide) groups is 1. The van der Waals surface area contributed by atoms with Crippen LogP contribution in [0.3, 0.4) is 0 Å². The summed E-state index contributed by atoms with van der Waals surface area (Å²) in [6.07, 6.45) is 1.74. The lowest BCUT2D eigenvalue weighted by atomic mass is 10.4. The van der Waals surface area contributed by atoms with Crippen LogP contribution in [0.25, 0.3) is 0 Å². The van der Waals surface area contributed by atoms with Gasteiger partial charge >= 0.3 is 0 Å². The highest BCUT2D eigenvalue weighted by Crippen LogP contribution is 2.10. The quantitative estimate of drug-likeness (QED) is 0.530. The summed E-state index contributed by atoms with van der Waals surface area (Å²) >= 11 is 1.73. The molecule has 0 amide bonds. The van der Waals surface area contributed by atoms with Crippen molar-refractivity contribution in [3.63, 3.8) is 0 Å². The van der Waals surface area contributed by atoms with Gasteiger partial charge in [0.25, 0.3) is 0 Å².